The van der Waals surface area contributed by atoms with Crippen molar-refractivity contribution >= 4 is 27.5 Å². The van der Waals surface area contributed by atoms with Crippen molar-refractivity contribution in [1.82, 2.24) is 0 Å². The zero-order valence-electron chi connectivity index (χ0n) is 11.5. The topological polar surface area (TPSA) is 46.2 Å². The van der Waals surface area contributed by atoms with Crippen molar-refractivity contribution in [2.75, 3.05) is 6.54 Å². The van der Waals surface area contributed by atoms with Crippen LogP contribution in [0, 0.1) is 12.7 Å². The van der Waals surface area contributed by atoms with E-state index in [4.69, 9.17) is 17.3 Å². The Morgan fingerprint density at radius 2 is 2.00 bits per heavy atom. The van der Waals surface area contributed by atoms with E-state index in [2.05, 4.69) is 15.9 Å². The second-order valence-electron chi connectivity index (χ2n) is 4.96. The van der Waals surface area contributed by atoms with Gasteiger partial charge in [-0.15, -0.1) is 0 Å². The van der Waals surface area contributed by atoms with E-state index in [-0.39, 0.29) is 11.6 Å². The summed E-state index contributed by atoms with van der Waals surface area (Å²) in [6.45, 7) is 2.07. The molecule has 5 heteroatoms. The smallest absolute Gasteiger partial charge is 0.145 e. The molecule has 3 N–H and O–H groups in total. The quantitative estimate of drug-likeness (QED) is 0.839. The monoisotopic (exact) mass is 371 g/mol. The minimum absolute atomic E-state index is 0.0288. The van der Waals surface area contributed by atoms with Crippen LogP contribution < -0.4 is 5.73 Å². The van der Waals surface area contributed by atoms with Gasteiger partial charge in [-0.25, -0.2) is 4.39 Å². The van der Waals surface area contributed by atoms with Gasteiger partial charge in [0, 0.05) is 16.9 Å². The molecule has 2 atom stereocenters. The van der Waals surface area contributed by atoms with Gasteiger partial charge in [-0.3, -0.25) is 0 Å². The molecule has 21 heavy (non-hydrogen) atoms. The molecule has 112 valence electrons. The molecule has 0 aliphatic heterocycles. The maximum atomic E-state index is 14.2. The number of nitrogens with two attached hydrogens (primary N) is 1. The molecule has 2 rings (SSSR count). The Bertz CT molecular complexity index is 650. The van der Waals surface area contributed by atoms with E-state index in [0.717, 1.165) is 10.0 Å². The average molecular weight is 373 g/mol. The Morgan fingerprint density at radius 1 is 1.29 bits per heavy atom. The van der Waals surface area contributed by atoms with Crippen molar-refractivity contribution < 1.29 is 9.50 Å². The van der Waals surface area contributed by atoms with Crippen LogP contribution in [0.2, 0.25) is 5.02 Å². The molecular weight excluding hydrogens is 357 g/mol. The van der Waals surface area contributed by atoms with Gasteiger partial charge in [0.05, 0.1) is 11.1 Å². The predicted molar refractivity (Wildman–Crippen MR) is 87.0 cm³/mol. The first kappa shape index (κ1) is 16.4. The molecular formula is C16H16BrClFNO. The summed E-state index contributed by atoms with van der Waals surface area (Å²) in [7, 11) is 0. The molecule has 0 aromatic heterocycles. The van der Waals surface area contributed by atoms with Crippen molar-refractivity contribution in [2.45, 2.75) is 18.9 Å². The van der Waals surface area contributed by atoms with Gasteiger partial charge in [-0.2, -0.15) is 0 Å². The molecule has 2 aromatic carbocycles. The van der Waals surface area contributed by atoms with Crippen molar-refractivity contribution in [1.29, 1.82) is 0 Å². The molecule has 2 unspecified atom stereocenters. The number of aliphatic hydroxyl groups is 1. The Kier molecular flexibility index (Phi) is 5.38. The van der Waals surface area contributed by atoms with Crippen molar-refractivity contribution in [3.63, 3.8) is 0 Å². The highest BCUT2D eigenvalue weighted by atomic mass is 79.9. The molecule has 0 fully saturated rings. The van der Waals surface area contributed by atoms with E-state index in [9.17, 15) is 9.50 Å². The van der Waals surface area contributed by atoms with Crippen LogP contribution in [0.25, 0.3) is 0 Å². The Labute approximate surface area is 136 Å². The molecule has 0 heterocycles. The zero-order valence-corrected chi connectivity index (χ0v) is 13.8. The van der Waals surface area contributed by atoms with E-state index in [0.29, 0.717) is 11.1 Å². The van der Waals surface area contributed by atoms with Crippen LogP contribution in [0.4, 0.5) is 4.39 Å². The van der Waals surface area contributed by atoms with Crippen LogP contribution in [-0.2, 0) is 0 Å². The fraction of sp³-hybridized carbons (Fsp3) is 0.250. The highest BCUT2D eigenvalue weighted by Gasteiger charge is 2.26. The second kappa shape index (κ2) is 6.88. The third kappa shape index (κ3) is 3.46. The predicted octanol–water partition coefficient (Wildman–Crippen LogP) is 4.33. The second-order valence-corrected chi connectivity index (χ2v) is 6.22. The summed E-state index contributed by atoms with van der Waals surface area (Å²) < 4.78 is 14.9. The van der Waals surface area contributed by atoms with Crippen LogP contribution in [-0.4, -0.2) is 11.7 Å². The summed E-state index contributed by atoms with van der Waals surface area (Å²) in [4.78, 5) is 0. The van der Waals surface area contributed by atoms with E-state index in [1.165, 1.54) is 6.07 Å². The van der Waals surface area contributed by atoms with Crippen LogP contribution >= 0.6 is 27.5 Å². The number of benzene rings is 2. The van der Waals surface area contributed by atoms with Crippen LogP contribution in [0.1, 0.15) is 28.7 Å². The van der Waals surface area contributed by atoms with Gasteiger partial charge in [0.25, 0.3) is 0 Å². The Balaban J connectivity index is 2.43. The fourth-order valence-corrected chi connectivity index (χ4v) is 3.23. The Morgan fingerprint density at radius 3 is 2.62 bits per heavy atom. The number of aryl methyl sites for hydroxylation is 1. The van der Waals surface area contributed by atoms with Gasteiger partial charge in [-0.05, 0) is 35.7 Å². The van der Waals surface area contributed by atoms with E-state index in [1.807, 2.05) is 25.1 Å². The highest BCUT2D eigenvalue weighted by molar-refractivity contribution is 9.10. The lowest BCUT2D eigenvalue weighted by molar-refractivity contribution is 0.145. The largest absolute Gasteiger partial charge is 0.388 e. The summed E-state index contributed by atoms with van der Waals surface area (Å²) in [5.41, 5.74) is 7.82. The molecule has 2 aromatic rings. The van der Waals surface area contributed by atoms with Crippen molar-refractivity contribution in [2.24, 2.45) is 5.73 Å². The first-order valence-corrected chi connectivity index (χ1v) is 7.71. The minimum Gasteiger partial charge on any atom is -0.388 e. The molecule has 0 radical (unpaired) electrons. The van der Waals surface area contributed by atoms with Crippen LogP contribution in [0.3, 0.4) is 0 Å². The van der Waals surface area contributed by atoms with E-state index >= 15 is 0 Å². The first-order valence-electron chi connectivity index (χ1n) is 6.53. The van der Waals surface area contributed by atoms with E-state index < -0.39 is 17.8 Å². The van der Waals surface area contributed by atoms with Crippen molar-refractivity contribution in [3.05, 3.63) is 68.4 Å². The van der Waals surface area contributed by atoms with Gasteiger partial charge in [0.1, 0.15) is 5.82 Å². The number of halogens is 3. The first-order chi connectivity index (χ1) is 9.95. The van der Waals surface area contributed by atoms with Crippen LogP contribution in [0.15, 0.2) is 40.9 Å². The summed E-state index contributed by atoms with van der Waals surface area (Å²) >= 11 is 9.24. The molecule has 0 aliphatic rings. The van der Waals surface area contributed by atoms with Gasteiger partial charge < -0.3 is 10.8 Å². The molecule has 0 amide bonds. The molecule has 0 spiro atoms. The molecule has 0 aliphatic carbocycles. The maximum absolute atomic E-state index is 14.2. The Hall–Kier alpha value is -0.940. The highest BCUT2D eigenvalue weighted by Crippen LogP contribution is 2.36. The number of aliphatic hydroxyl groups excluding tert-OH is 1. The lowest BCUT2D eigenvalue weighted by atomic mass is 9.88. The van der Waals surface area contributed by atoms with Gasteiger partial charge >= 0.3 is 0 Å². The number of hydrogen-bond donors (Lipinski definition) is 2. The fourth-order valence-electron chi connectivity index (χ4n) is 2.32. The lowest BCUT2D eigenvalue weighted by Gasteiger charge is -2.24. The summed E-state index contributed by atoms with van der Waals surface area (Å²) in [5.74, 6) is -1.10. The van der Waals surface area contributed by atoms with Gasteiger partial charge in [0.2, 0.25) is 0 Å². The standard InChI is InChI=1S/C16H16BrClFNO/c1-9-5-6-11(13(17)7-9)16(21)12(8-20)10-3-2-4-14(18)15(10)19/h2-7,12,16,21H,8,20H2,1H3. The van der Waals surface area contributed by atoms with Crippen LogP contribution in [0.5, 0.6) is 0 Å². The van der Waals surface area contributed by atoms with Gasteiger partial charge in [0.15, 0.2) is 0 Å². The molecule has 0 bridgehead atoms. The zero-order chi connectivity index (χ0) is 15.6. The lowest BCUT2D eigenvalue weighted by Crippen LogP contribution is -2.21. The normalized spacial score (nSPS) is 14.0. The summed E-state index contributed by atoms with van der Waals surface area (Å²) in [6.07, 6.45) is -0.919. The third-order valence-corrected chi connectivity index (χ3v) is 4.47. The van der Waals surface area contributed by atoms with E-state index in [1.54, 1.807) is 12.1 Å². The average Bonchev–Trinajstić information content (AvgIpc) is 2.44. The van der Waals surface area contributed by atoms with Crippen molar-refractivity contribution in [3.8, 4) is 0 Å². The number of rotatable bonds is 4. The molecule has 2 nitrogen and oxygen atoms in total. The summed E-state index contributed by atoms with van der Waals surface area (Å²) in [5, 5.41) is 10.6. The molecule has 0 saturated carbocycles. The maximum Gasteiger partial charge on any atom is 0.145 e. The molecule has 0 saturated heterocycles. The third-order valence-electron chi connectivity index (χ3n) is 3.49. The minimum atomic E-state index is -0.919. The SMILES string of the molecule is Cc1ccc(C(O)C(CN)c2cccc(Cl)c2F)c(Br)c1. The van der Waals surface area contributed by atoms with Gasteiger partial charge in [-0.1, -0.05) is 51.8 Å². The summed E-state index contributed by atoms with van der Waals surface area (Å²) in [6, 6.07) is 10.3. The number of hydrogen-bond acceptors (Lipinski definition) is 2.